The zero-order valence-electron chi connectivity index (χ0n) is 13.1. The lowest BCUT2D eigenvalue weighted by Gasteiger charge is -2.27. The van der Waals surface area contributed by atoms with E-state index >= 15 is 0 Å². The second-order valence-corrected chi connectivity index (χ2v) is 7.96. The molecule has 3 heterocycles. The fourth-order valence-corrected chi connectivity index (χ4v) is 4.61. The molecule has 2 aromatic rings. The molecule has 0 saturated carbocycles. The third kappa shape index (κ3) is 2.51. The number of aromatic nitrogens is 2. The fourth-order valence-electron chi connectivity index (χ4n) is 3.22. The molecule has 4 rings (SSSR count). The molecule has 1 aromatic heterocycles. The van der Waals surface area contributed by atoms with Crippen LogP contribution in [0.15, 0.2) is 41.6 Å². The second kappa shape index (κ2) is 5.71. The first-order valence-corrected chi connectivity index (χ1v) is 9.40. The highest BCUT2D eigenvalue weighted by atomic mass is 32.2. The summed E-state index contributed by atoms with van der Waals surface area (Å²) in [5, 5.41) is 0. The second-order valence-electron chi connectivity index (χ2n) is 6.02. The fraction of sp³-hybridized carbons (Fsp3) is 0.375. The Balaban J connectivity index is 1.57. The van der Waals surface area contributed by atoms with Crippen molar-refractivity contribution >= 4 is 21.6 Å². The zero-order chi connectivity index (χ0) is 16.7. The van der Waals surface area contributed by atoms with Gasteiger partial charge in [0.25, 0.3) is 0 Å². The molecule has 0 unspecified atom stereocenters. The molecule has 0 atom stereocenters. The lowest BCUT2D eigenvalue weighted by Crippen LogP contribution is -2.38. The predicted octanol–water partition coefficient (Wildman–Crippen LogP) is 1.21. The van der Waals surface area contributed by atoms with Gasteiger partial charge in [-0.25, -0.2) is 13.4 Å². The Morgan fingerprint density at radius 3 is 2.54 bits per heavy atom. The summed E-state index contributed by atoms with van der Waals surface area (Å²) in [6.07, 6.45) is 4.95. The van der Waals surface area contributed by atoms with Crippen LogP contribution in [0.5, 0.6) is 0 Å². The lowest BCUT2D eigenvalue weighted by atomic mass is 10.3. The molecule has 2 aliphatic heterocycles. The summed E-state index contributed by atoms with van der Waals surface area (Å²) in [5.74, 6) is 0.845. The van der Waals surface area contributed by atoms with E-state index in [4.69, 9.17) is 0 Å². The van der Waals surface area contributed by atoms with E-state index in [-0.39, 0.29) is 17.3 Å². The number of carbonyl (C=O) groups excluding carboxylic acids is 1. The van der Waals surface area contributed by atoms with Gasteiger partial charge in [0.05, 0.1) is 11.4 Å². The summed E-state index contributed by atoms with van der Waals surface area (Å²) in [6, 6.07) is 6.58. The van der Waals surface area contributed by atoms with Gasteiger partial charge in [0.1, 0.15) is 5.82 Å². The van der Waals surface area contributed by atoms with Crippen LogP contribution in [0, 0.1) is 0 Å². The Labute approximate surface area is 140 Å². The molecule has 0 aliphatic carbocycles. The van der Waals surface area contributed by atoms with Crippen LogP contribution in [0.1, 0.15) is 18.7 Å². The van der Waals surface area contributed by atoms with Crippen molar-refractivity contribution in [2.45, 2.75) is 30.8 Å². The minimum atomic E-state index is -3.56. The first kappa shape index (κ1) is 15.3. The highest BCUT2D eigenvalue weighted by molar-refractivity contribution is 7.89. The third-order valence-electron chi connectivity index (χ3n) is 4.57. The molecule has 1 aromatic carbocycles. The minimum absolute atomic E-state index is 0.0912. The molecular formula is C16H18N4O3S. The van der Waals surface area contributed by atoms with E-state index in [1.54, 1.807) is 35.4 Å². The van der Waals surface area contributed by atoms with Gasteiger partial charge in [-0.2, -0.15) is 4.31 Å². The van der Waals surface area contributed by atoms with E-state index in [1.807, 2.05) is 10.8 Å². The first-order valence-electron chi connectivity index (χ1n) is 7.96. The number of fused-ring (bicyclic) bond motifs is 1. The van der Waals surface area contributed by atoms with E-state index in [2.05, 4.69) is 4.98 Å². The standard InChI is InChI=1S/C16H18N4O3S/c21-16-2-1-8-20(16)13-3-5-14(6-4-13)24(22,23)19-11-10-18-9-7-17-15(18)12-19/h3-7,9H,1-2,8,10-12H2. The van der Waals surface area contributed by atoms with Gasteiger partial charge in [-0.15, -0.1) is 0 Å². The van der Waals surface area contributed by atoms with Crippen LogP contribution in [0.4, 0.5) is 5.69 Å². The first-order chi connectivity index (χ1) is 11.6. The summed E-state index contributed by atoms with van der Waals surface area (Å²) in [5.41, 5.74) is 0.755. The van der Waals surface area contributed by atoms with Gasteiger partial charge in [0.2, 0.25) is 15.9 Å². The number of rotatable bonds is 3. The quantitative estimate of drug-likeness (QED) is 0.837. The van der Waals surface area contributed by atoms with Crippen molar-refractivity contribution in [2.24, 2.45) is 0 Å². The van der Waals surface area contributed by atoms with Gasteiger partial charge < -0.3 is 9.47 Å². The number of benzene rings is 1. The maximum Gasteiger partial charge on any atom is 0.243 e. The molecule has 24 heavy (non-hydrogen) atoms. The van der Waals surface area contributed by atoms with Gasteiger partial charge in [-0.3, -0.25) is 4.79 Å². The van der Waals surface area contributed by atoms with Gasteiger partial charge in [0, 0.05) is 44.1 Å². The molecule has 126 valence electrons. The molecule has 8 heteroatoms. The number of anilines is 1. The van der Waals surface area contributed by atoms with Gasteiger partial charge in [-0.1, -0.05) is 0 Å². The molecule has 2 aliphatic rings. The van der Waals surface area contributed by atoms with E-state index in [9.17, 15) is 13.2 Å². The predicted molar refractivity (Wildman–Crippen MR) is 87.9 cm³/mol. The number of sulfonamides is 1. The monoisotopic (exact) mass is 346 g/mol. The minimum Gasteiger partial charge on any atom is -0.333 e. The average Bonchev–Trinajstić information content (AvgIpc) is 3.22. The van der Waals surface area contributed by atoms with Gasteiger partial charge in [-0.05, 0) is 30.7 Å². The molecule has 0 bridgehead atoms. The van der Waals surface area contributed by atoms with Crippen LogP contribution in [0.2, 0.25) is 0 Å². The Hall–Kier alpha value is -2.19. The van der Waals surface area contributed by atoms with Gasteiger partial charge in [0.15, 0.2) is 0 Å². The van der Waals surface area contributed by atoms with Gasteiger partial charge >= 0.3 is 0 Å². The van der Waals surface area contributed by atoms with Crippen molar-refractivity contribution < 1.29 is 13.2 Å². The Bertz CT molecular complexity index is 873. The smallest absolute Gasteiger partial charge is 0.243 e. The number of carbonyl (C=O) groups is 1. The maximum absolute atomic E-state index is 12.8. The van der Waals surface area contributed by atoms with E-state index < -0.39 is 10.0 Å². The number of hydrogen-bond acceptors (Lipinski definition) is 4. The van der Waals surface area contributed by atoms with Crippen molar-refractivity contribution in [3.05, 3.63) is 42.5 Å². The van der Waals surface area contributed by atoms with Crippen LogP contribution in [-0.2, 0) is 27.9 Å². The molecular weight excluding hydrogens is 328 g/mol. The molecule has 0 radical (unpaired) electrons. The number of imidazole rings is 1. The van der Waals surface area contributed by atoms with Crippen LogP contribution in [0.3, 0.4) is 0 Å². The zero-order valence-corrected chi connectivity index (χ0v) is 13.9. The summed E-state index contributed by atoms with van der Waals surface area (Å²) in [7, 11) is -3.56. The molecule has 0 spiro atoms. The highest BCUT2D eigenvalue weighted by Crippen LogP contribution is 2.25. The highest BCUT2D eigenvalue weighted by Gasteiger charge is 2.29. The Kier molecular flexibility index (Phi) is 3.65. The van der Waals surface area contributed by atoms with E-state index in [0.29, 0.717) is 26.1 Å². The number of amides is 1. The van der Waals surface area contributed by atoms with Crippen LogP contribution in [-0.4, -0.2) is 41.3 Å². The molecule has 1 fully saturated rings. The van der Waals surface area contributed by atoms with E-state index in [0.717, 1.165) is 17.9 Å². The number of hydrogen-bond donors (Lipinski definition) is 0. The van der Waals surface area contributed by atoms with E-state index in [1.165, 1.54) is 4.31 Å². The van der Waals surface area contributed by atoms with Crippen molar-refractivity contribution in [1.82, 2.24) is 13.9 Å². The molecule has 1 amide bonds. The van der Waals surface area contributed by atoms with Crippen molar-refractivity contribution in [1.29, 1.82) is 0 Å². The summed E-state index contributed by atoms with van der Waals surface area (Å²) >= 11 is 0. The maximum atomic E-state index is 12.8. The third-order valence-corrected chi connectivity index (χ3v) is 6.43. The summed E-state index contributed by atoms with van der Waals surface area (Å²) < 4.78 is 29.1. The Morgan fingerprint density at radius 1 is 1.04 bits per heavy atom. The van der Waals surface area contributed by atoms with Crippen molar-refractivity contribution in [3.63, 3.8) is 0 Å². The number of nitrogens with zero attached hydrogens (tertiary/aromatic N) is 4. The SMILES string of the molecule is O=C1CCCN1c1ccc(S(=O)(=O)N2CCn3ccnc3C2)cc1. The van der Waals surface area contributed by atoms with Crippen LogP contribution >= 0.6 is 0 Å². The molecule has 0 N–H and O–H groups in total. The van der Waals surface area contributed by atoms with Crippen molar-refractivity contribution in [2.75, 3.05) is 18.0 Å². The summed E-state index contributed by atoms with van der Waals surface area (Å²) in [4.78, 5) is 17.9. The molecule has 7 nitrogen and oxygen atoms in total. The molecule has 1 saturated heterocycles. The van der Waals surface area contributed by atoms with Crippen LogP contribution < -0.4 is 4.90 Å². The topological polar surface area (TPSA) is 75.5 Å². The van der Waals surface area contributed by atoms with Crippen LogP contribution in [0.25, 0.3) is 0 Å². The van der Waals surface area contributed by atoms with Crippen molar-refractivity contribution in [3.8, 4) is 0 Å². The normalized spacial score (nSPS) is 18.8. The largest absolute Gasteiger partial charge is 0.333 e. The lowest BCUT2D eigenvalue weighted by molar-refractivity contribution is -0.117. The Morgan fingerprint density at radius 2 is 1.83 bits per heavy atom. The average molecular weight is 346 g/mol. The summed E-state index contributed by atoms with van der Waals surface area (Å²) in [6.45, 7) is 2.01.